The summed E-state index contributed by atoms with van der Waals surface area (Å²) in [6.07, 6.45) is 14.8. The van der Waals surface area contributed by atoms with Gasteiger partial charge < -0.3 is 19.5 Å². The molecule has 1 aromatic carbocycles. The minimum Gasteiger partial charge on any atom is -0.490 e. The number of nitrogens with one attached hydrogen (secondary N) is 1. The van der Waals surface area contributed by atoms with E-state index in [9.17, 15) is 29.8 Å². The molecular weight excluding hydrogens is 582 g/mol. The summed E-state index contributed by atoms with van der Waals surface area (Å²) < 4.78 is 15.6. The lowest BCUT2D eigenvalue weighted by atomic mass is 9.76. The van der Waals surface area contributed by atoms with Gasteiger partial charge in [0.05, 0.1) is 54.3 Å². The number of unbranched alkanes of at least 4 members (excludes halogenated alkanes) is 12. The second-order valence-corrected chi connectivity index (χ2v) is 11.5. The Labute approximate surface area is 265 Å². The standard InChI is InChI=1S/C33H49N3O9/c1-7-8-9-10-11-12-13-14-15-16-17-18-19-20-24-25(35(39)40)21-26(36(41)42)31(43-4)29(24)30-27(32(37)44-5)22(2)34-23(3)28(30)33(38)45-6/h21,30,34H,7-20H2,1-6H3. The number of nitro groups is 2. The van der Waals surface area contributed by atoms with Crippen molar-refractivity contribution in [2.45, 2.75) is 117 Å². The molecule has 1 N–H and O–H groups in total. The Kier molecular flexibility index (Phi) is 15.5. The van der Waals surface area contributed by atoms with Crippen LogP contribution in [0.3, 0.4) is 0 Å². The molecular formula is C33H49N3O9. The molecule has 0 fully saturated rings. The van der Waals surface area contributed by atoms with E-state index in [1.165, 1.54) is 72.7 Å². The Hall–Kier alpha value is -3.96. The van der Waals surface area contributed by atoms with E-state index in [-0.39, 0.29) is 34.4 Å². The van der Waals surface area contributed by atoms with Crippen molar-refractivity contribution in [3.8, 4) is 5.75 Å². The van der Waals surface area contributed by atoms with E-state index >= 15 is 0 Å². The third kappa shape index (κ3) is 9.76. The Morgan fingerprint density at radius 3 is 1.53 bits per heavy atom. The number of ether oxygens (including phenoxy) is 3. The third-order valence-electron chi connectivity index (χ3n) is 8.37. The average molecular weight is 632 g/mol. The normalized spacial score (nSPS) is 13.5. The number of benzene rings is 1. The largest absolute Gasteiger partial charge is 0.490 e. The lowest BCUT2D eigenvalue weighted by molar-refractivity contribution is -0.395. The smallest absolute Gasteiger partial charge is 0.336 e. The number of hydrogen-bond donors (Lipinski definition) is 1. The fourth-order valence-corrected chi connectivity index (χ4v) is 6.14. The zero-order valence-corrected chi connectivity index (χ0v) is 27.6. The van der Waals surface area contributed by atoms with Crippen LogP contribution >= 0.6 is 0 Å². The fourth-order valence-electron chi connectivity index (χ4n) is 6.14. The molecule has 12 heteroatoms. The Morgan fingerprint density at radius 1 is 0.733 bits per heavy atom. The van der Waals surface area contributed by atoms with E-state index in [0.717, 1.165) is 31.7 Å². The lowest BCUT2D eigenvalue weighted by Gasteiger charge is -2.31. The van der Waals surface area contributed by atoms with E-state index < -0.39 is 39.1 Å². The van der Waals surface area contributed by atoms with Gasteiger partial charge in [-0.15, -0.1) is 0 Å². The molecule has 2 rings (SSSR count). The first-order valence-corrected chi connectivity index (χ1v) is 15.9. The van der Waals surface area contributed by atoms with Gasteiger partial charge in [-0.2, -0.15) is 0 Å². The molecule has 0 bridgehead atoms. The first-order chi connectivity index (χ1) is 21.5. The number of carbonyl (C=O) groups excluding carboxylic acids is 2. The predicted octanol–water partition coefficient (Wildman–Crippen LogP) is 7.73. The zero-order valence-electron chi connectivity index (χ0n) is 27.6. The maximum atomic E-state index is 13.2. The van der Waals surface area contributed by atoms with Crippen LogP contribution in [-0.2, 0) is 25.5 Å². The van der Waals surface area contributed by atoms with Gasteiger partial charge in [0.15, 0.2) is 0 Å². The van der Waals surface area contributed by atoms with Crippen LogP contribution in [0.25, 0.3) is 0 Å². The van der Waals surface area contributed by atoms with Crippen LogP contribution in [0, 0.1) is 20.2 Å². The van der Waals surface area contributed by atoms with Crippen LogP contribution < -0.4 is 10.1 Å². The number of carbonyl (C=O) groups is 2. The molecule has 0 saturated carbocycles. The summed E-state index contributed by atoms with van der Waals surface area (Å²) >= 11 is 0. The van der Waals surface area contributed by atoms with Crippen molar-refractivity contribution in [3.05, 3.63) is 60.0 Å². The van der Waals surface area contributed by atoms with Gasteiger partial charge in [0, 0.05) is 22.5 Å². The summed E-state index contributed by atoms with van der Waals surface area (Å²) in [5, 5.41) is 27.5. The van der Waals surface area contributed by atoms with E-state index in [1.54, 1.807) is 13.8 Å². The van der Waals surface area contributed by atoms with E-state index in [2.05, 4.69) is 12.2 Å². The second-order valence-electron chi connectivity index (χ2n) is 11.5. The number of allylic oxidation sites excluding steroid dienone is 2. The molecule has 0 atom stereocenters. The van der Waals surface area contributed by atoms with Crippen molar-refractivity contribution in [2.24, 2.45) is 0 Å². The van der Waals surface area contributed by atoms with Crippen molar-refractivity contribution in [1.82, 2.24) is 5.32 Å². The van der Waals surface area contributed by atoms with E-state index in [0.29, 0.717) is 17.8 Å². The predicted molar refractivity (Wildman–Crippen MR) is 171 cm³/mol. The molecule has 0 aromatic heterocycles. The molecule has 0 aliphatic carbocycles. The summed E-state index contributed by atoms with van der Waals surface area (Å²) in [5.41, 5.74) is -0.319. The van der Waals surface area contributed by atoms with Gasteiger partial charge in [-0.05, 0) is 26.7 Å². The highest BCUT2D eigenvalue weighted by Crippen LogP contribution is 2.50. The van der Waals surface area contributed by atoms with Crippen molar-refractivity contribution in [1.29, 1.82) is 0 Å². The van der Waals surface area contributed by atoms with Crippen molar-refractivity contribution < 1.29 is 33.6 Å². The van der Waals surface area contributed by atoms with Crippen LogP contribution in [0.15, 0.2) is 28.6 Å². The van der Waals surface area contributed by atoms with Crippen LogP contribution in [0.1, 0.15) is 121 Å². The van der Waals surface area contributed by atoms with E-state index in [4.69, 9.17) is 14.2 Å². The summed E-state index contributed by atoms with van der Waals surface area (Å²) in [5.74, 6) is -3.15. The SMILES string of the molecule is CCCCCCCCCCCCCCCc1c([N+](=O)[O-])cc([N+](=O)[O-])c(OC)c1C1C(C(=O)OC)=C(C)NC(C)=C1C(=O)OC. The maximum absolute atomic E-state index is 13.2. The lowest BCUT2D eigenvalue weighted by Crippen LogP contribution is -2.33. The van der Waals surface area contributed by atoms with E-state index in [1.807, 2.05) is 0 Å². The molecule has 1 aliphatic rings. The summed E-state index contributed by atoms with van der Waals surface area (Å²) in [6, 6.07) is 0.893. The molecule has 0 amide bonds. The molecule has 45 heavy (non-hydrogen) atoms. The van der Waals surface area contributed by atoms with Gasteiger partial charge in [0.25, 0.3) is 5.69 Å². The molecule has 250 valence electrons. The highest BCUT2D eigenvalue weighted by atomic mass is 16.6. The third-order valence-corrected chi connectivity index (χ3v) is 8.37. The monoisotopic (exact) mass is 631 g/mol. The van der Waals surface area contributed by atoms with Gasteiger partial charge in [0.1, 0.15) is 0 Å². The second kappa shape index (κ2) is 18.8. The first-order valence-electron chi connectivity index (χ1n) is 15.9. The highest BCUT2D eigenvalue weighted by molar-refractivity contribution is 6.00. The highest BCUT2D eigenvalue weighted by Gasteiger charge is 2.44. The van der Waals surface area contributed by atoms with Crippen molar-refractivity contribution in [3.63, 3.8) is 0 Å². The number of nitro benzene ring substituents is 2. The van der Waals surface area contributed by atoms with Gasteiger partial charge in [-0.3, -0.25) is 20.2 Å². The van der Waals surface area contributed by atoms with Crippen LogP contribution in [0.4, 0.5) is 11.4 Å². The Bertz CT molecular complexity index is 1250. The topological polar surface area (TPSA) is 160 Å². The average Bonchev–Trinajstić information content (AvgIpc) is 3.01. The first kappa shape index (κ1) is 37.2. The summed E-state index contributed by atoms with van der Waals surface area (Å²) in [7, 11) is 3.56. The number of hydrogen-bond acceptors (Lipinski definition) is 10. The molecule has 0 radical (unpaired) electrons. The Balaban J connectivity index is 2.44. The molecule has 1 heterocycles. The van der Waals surface area contributed by atoms with Crippen LogP contribution in [0.2, 0.25) is 0 Å². The number of methoxy groups -OCH3 is 3. The Morgan fingerprint density at radius 2 is 1.16 bits per heavy atom. The van der Waals surface area contributed by atoms with Gasteiger partial charge >= 0.3 is 17.6 Å². The van der Waals surface area contributed by atoms with Crippen LogP contribution in [-0.4, -0.2) is 43.1 Å². The quantitative estimate of drug-likeness (QED) is 0.0652. The minimum atomic E-state index is -1.28. The number of rotatable bonds is 20. The summed E-state index contributed by atoms with van der Waals surface area (Å²) in [4.78, 5) is 49.4. The zero-order chi connectivity index (χ0) is 33.5. The molecule has 0 unspecified atom stereocenters. The van der Waals surface area contributed by atoms with Crippen molar-refractivity contribution in [2.75, 3.05) is 21.3 Å². The van der Waals surface area contributed by atoms with Gasteiger partial charge in [-0.1, -0.05) is 84.0 Å². The number of esters is 2. The van der Waals surface area contributed by atoms with Gasteiger partial charge in [0.2, 0.25) is 5.75 Å². The fraction of sp³-hybridized carbons (Fsp3) is 0.636. The maximum Gasteiger partial charge on any atom is 0.336 e. The molecule has 1 aliphatic heterocycles. The number of dihydropyridines is 1. The van der Waals surface area contributed by atoms with Crippen molar-refractivity contribution >= 4 is 23.3 Å². The van der Waals surface area contributed by atoms with Gasteiger partial charge in [-0.25, -0.2) is 9.59 Å². The summed E-state index contributed by atoms with van der Waals surface area (Å²) in [6.45, 7) is 5.41. The van der Waals surface area contributed by atoms with Crippen LogP contribution in [0.5, 0.6) is 5.75 Å². The molecule has 1 aromatic rings. The number of nitrogens with zero attached hydrogens (tertiary/aromatic N) is 2. The molecule has 0 saturated heterocycles. The molecule has 0 spiro atoms. The molecule has 12 nitrogen and oxygen atoms in total. The minimum absolute atomic E-state index is 0.0123.